The van der Waals surface area contributed by atoms with Crippen molar-refractivity contribution in [1.29, 1.82) is 0 Å². The zero-order chi connectivity index (χ0) is 20.2. The zero-order valence-corrected chi connectivity index (χ0v) is 16.3. The van der Waals surface area contributed by atoms with Crippen molar-refractivity contribution in [2.24, 2.45) is 0 Å². The lowest BCUT2D eigenvalue weighted by Crippen LogP contribution is -2.15. The van der Waals surface area contributed by atoms with Crippen LogP contribution in [0.15, 0.2) is 66.2 Å². The first-order valence-electron chi connectivity index (χ1n) is 9.89. The topological polar surface area (TPSA) is 50.8 Å². The molecular weight excluding hydrogens is 372 g/mol. The van der Waals surface area contributed by atoms with Gasteiger partial charge in [-0.15, -0.1) is 0 Å². The summed E-state index contributed by atoms with van der Waals surface area (Å²) in [5.41, 5.74) is 3.47. The Bertz CT molecular complexity index is 1060. The number of allylic oxidation sites excluding steroid dienone is 3. The highest BCUT2D eigenvalue weighted by Gasteiger charge is 2.26. The standard InChI is InChI=1S/C23H23F2N3O/c1-2-3-9-29-21-7-6-20(24)19(22(21)25)11-17-14-28-23-18(17)10-16(13-27-23)15-5-4-8-26-12-15/h4-5,7-8,10,12-14,20H,2-3,6,9,11H2,1H3,(H,27,28). The highest BCUT2D eigenvalue weighted by molar-refractivity contribution is 5.84. The molecule has 1 N–H and O–H groups in total. The molecule has 4 nitrogen and oxygen atoms in total. The van der Waals surface area contributed by atoms with Gasteiger partial charge in [0.25, 0.3) is 0 Å². The average Bonchev–Trinajstić information content (AvgIpc) is 3.15. The molecule has 4 rings (SSSR count). The fraction of sp³-hybridized carbons (Fsp3) is 0.304. The van der Waals surface area contributed by atoms with E-state index in [9.17, 15) is 8.78 Å². The molecule has 0 saturated carbocycles. The van der Waals surface area contributed by atoms with Gasteiger partial charge in [0.2, 0.25) is 0 Å². The number of unbranched alkanes of at least 4 members (excludes halogenated alkanes) is 1. The molecule has 0 fully saturated rings. The van der Waals surface area contributed by atoms with Crippen molar-refractivity contribution in [3.05, 3.63) is 71.8 Å². The molecule has 1 unspecified atom stereocenters. The van der Waals surface area contributed by atoms with Crippen molar-refractivity contribution in [3.8, 4) is 11.1 Å². The van der Waals surface area contributed by atoms with E-state index >= 15 is 0 Å². The van der Waals surface area contributed by atoms with E-state index in [-0.39, 0.29) is 24.2 Å². The van der Waals surface area contributed by atoms with E-state index in [2.05, 4.69) is 15.0 Å². The fourth-order valence-electron chi connectivity index (χ4n) is 3.48. The largest absolute Gasteiger partial charge is 0.491 e. The van der Waals surface area contributed by atoms with E-state index in [1.54, 1.807) is 24.8 Å². The third-order valence-corrected chi connectivity index (χ3v) is 5.13. The Labute approximate surface area is 168 Å². The van der Waals surface area contributed by atoms with Crippen molar-refractivity contribution < 1.29 is 13.5 Å². The van der Waals surface area contributed by atoms with E-state index < -0.39 is 12.0 Å². The first-order chi connectivity index (χ1) is 14.2. The number of pyridine rings is 2. The minimum absolute atomic E-state index is 0.131. The van der Waals surface area contributed by atoms with Crippen LogP contribution in [0.4, 0.5) is 8.78 Å². The molecular formula is C23H23F2N3O. The Morgan fingerprint density at radius 2 is 2.17 bits per heavy atom. The number of halogens is 2. The van der Waals surface area contributed by atoms with Crippen LogP contribution in [0, 0.1) is 0 Å². The van der Waals surface area contributed by atoms with Crippen molar-refractivity contribution in [1.82, 2.24) is 15.0 Å². The number of H-pyrrole nitrogens is 1. The van der Waals surface area contributed by atoms with Gasteiger partial charge in [0.15, 0.2) is 11.6 Å². The smallest absolute Gasteiger partial charge is 0.167 e. The third kappa shape index (κ3) is 4.06. The normalized spacial score (nSPS) is 16.9. The highest BCUT2D eigenvalue weighted by atomic mass is 19.1. The van der Waals surface area contributed by atoms with E-state index in [4.69, 9.17) is 4.74 Å². The van der Waals surface area contributed by atoms with Crippen LogP contribution in [0.5, 0.6) is 0 Å². The molecule has 29 heavy (non-hydrogen) atoms. The van der Waals surface area contributed by atoms with Crippen molar-refractivity contribution in [2.45, 2.75) is 38.8 Å². The van der Waals surface area contributed by atoms with Gasteiger partial charge in [-0.1, -0.05) is 19.4 Å². The SMILES string of the molecule is CCCCOC1=CCC(F)C(Cc2c[nH]c3ncc(-c4cccnc4)cc23)=C1F. The Morgan fingerprint density at radius 1 is 1.28 bits per heavy atom. The Balaban J connectivity index is 1.64. The number of rotatable bonds is 7. The van der Waals surface area contributed by atoms with Crippen LogP contribution in [0.1, 0.15) is 31.7 Å². The Morgan fingerprint density at radius 3 is 2.97 bits per heavy atom. The molecule has 0 aliphatic heterocycles. The molecule has 6 heteroatoms. The second kappa shape index (κ2) is 8.55. The molecule has 0 bridgehead atoms. The van der Waals surface area contributed by atoms with Crippen LogP contribution >= 0.6 is 0 Å². The first-order valence-corrected chi connectivity index (χ1v) is 9.89. The van der Waals surface area contributed by atoms with Crippen LogP contribution in [0.3, 0.4) is 0 Å². The van der Waals surface area contributed by atoms with Crippen molar-refractivity contribution in [2.75, 3.05) is 6.61 Å². The van der Waals surface area contributed by atoms with Gasteiger partial charge < -0.3 is 9.72 Å². The summed E-state index contributed by atoms with van der Waals surface area (Å²) in [5.74, 6) is -0.415. The second-order valence-electron chi connectivity index (χ2n) is 7.17. The average molecular weight is 395 g/mol. The number of hydrogen-bond donors (Lipinski definition) is 1. The van der Waals surface area contributed by atoms with Gasteiger partial charge in [0.1, 0.15) is 11.8 Å². The lowest BCUT2D eigenvalue weighted by molar-refractivity contribution is 0.195. The lowest BCUT2D eigenvalue weighted by atomic mass is 9.94. The first kappa shape index (κ1) is 19.3. The van der Waals surface area contributed by atoms with E-state index in [0.717, 1.165) is 34.9 Å². The maximum atomic E-state index is 14.9. The predicted molar refractivity (Wildman–Crippen MR) is 110 cm³/mol. The van der Waals surface area contributed by atoms with Gasteiger partial charge >= 0.3 is 0 Å². The quantitative estimate of drug-likeness (QED) is 0.512. The van der Waals surface area contributed by atoms with Crippen LogP contribution in [-0.4, -0.2) is 27.7 Å². The van der Waals surface area contributed by atoms with Crippen LogP contribution in [0.25, 0.3) is 22.2 Å². The van der Waals surface area contributed by atoms with Gasteiger partial charge in [-0.3, -0.25) is 4.98 Å². The molecule has 0 radical (unpaired) electrons. The summed E-state index contributed by atoms with van der Waals surface area (Å²) in [4.78, 5) is 11.7. The summed E-state index contributed by atoms with van der Waals surface area (Å²) in [6.45, 7) is 2.48. The monoisotopic (exact) mass is 395 g/mol. The van der Waals surface area contributed by atoms with Crippen LogP contribution in [0.2, 0.25) is 0 Å². The summed E-state index contributed by atoms with van der Waals surface area (Å²) in [6, 6.07) is 5.79. The lowest BCUT2D eigenvalue weighted by Gasteiger charge is -2.20. The number of fused-ring (bicyclic) bond motifs is 1. The van der Waals surface area contributed by atoms with Crippen molar-refractivity contribution in [3.63, 3.8) is 0 Å². The second-order valence-corrected chi connectivity index (χ2v) is 7.17. The fourth-order valence-corrected chi connectivity index (χ4v) is 3.48. The van der Waals surface area contributed by atoms with Crippen molar-refractivity contribution >= 4 is 11.0 Å². The molecule has 1 atom stereocenters. The summed E-state index contributed by atoms with van der Waals surface area (Å²) in [7, 11) is 0. The summed E-state index contributed by atoms with van der Waals surface area (Å²) in [5, 5.41) is 0.849. The number of nitrogens with one attached hydrogen (secondary N) is 1. The Kier molecular flexibility index (Phi) is 5.69. The third-order valence-electron chi connectivity index (χ3n) is 5.13. The molecule has 0 amide bonds. The van der Waals surface area contributed by atoms with E-state index in [1.807, 2.05) is 25.1 Å². The molecule has 3 aromatic heterocycles. The molecule has 0 aromatic carbocycles. The molecule has 0 saturated heterocycles. The van der Waals surface area contributed by atoms with Gasteiger partial charge in [-0.2, -0.15) is 0 Å². The molecule has 3 aromatic rings. The summed E-state index contributed by atoms with van der Waals surface area (Å²) in [6.07, 6.45) is 9.26. The molecule has 150 valence electrons. The number of aromatic amines is 1. The highest BCUT2D eigenvalue weighted by Crippen LogP contribution is 2.34. The maximum absolute atomic E-state index is 14.9. The summed E-state index contributed by atoms with van der Waals surface area (Å²) < 4.78 is 35.0. The number of nitrogens with zero attached hydrogens (tertiary/aromatic N) is 2. The zero-order valence-electron chi connectivity index (χ0n) is 16.3. The van der Waals surface area contributed by atoms with E-state index in [0.29, 0.717) is 12.3 Å². The number of alkyl halides is 1. The van der Waals surface area contributed by atoms with Gasteiger partial charge in [-0.05, 0) is 30.2 Å². The maximum Gasteiger partial charge on any atom is 0.167 e. The molecule has 1 aliphatic carbocycles. The predicted octanol–water partition coefficient (Wildman–Crippen LogP) is 5.83. The minimum Gasteiger partial charge on any atom is -0.491 e. The van der Waals surface area contributed by atoms with E-state index in [1.165, 1.54) is 6.08 Å². The Hall–Kier alpha value is -3.02. The molecule has 3 heterocycles. The number of hydrogen-bond acceptors (Lipinski definition) is 3. The molecule has 0 spiro atoms. The van der Waals surface area contributed by atoms with Crippen LogP contribution in [-0.2, 0) is 11.2 Å². The van der Waals surface area contributed by atoms with Gasteiger partial charge in [-0.25, -0.2) is 13.8 Å². The number of aromatic nitrogens is 3. The molecule has 1 aliphatic rings. The van der Waals surface area contributed by atoms with Gasteiger partial charge in [0.05, 0.1) is 6.61 Å². The number of ether oxygens (including phenoxy) is 1. The summed E-state index contributed by atoms with van der Waals surface area (Å²) >= 11 is 0. The van der Waals surface area contributed by atoms with Gasteiger partial charge in [0, 0.05) is 59.7 Å². The van der Waals surface area contributed by atoms with Crippen LogP contribution < -0.4 is 0 Å². The minimum atomic E-state index is -1.35.